The highest BCUT2D eigenvalue weighted by molar-refractivity contribution is 6.09. The molecule has 3 rings (SSSR count). The van der Waals surface area contributed by atoms with Gasteiger partial charge in [-0.3, -0.25) is 19.1 Å². The number of carbonyl (C=O) groups is 1. The quantitative estimate of drug-likeness (QED) is 0.810. The molecule has 2 aromatic rings. The summed E-state index contributed by atoms with van der Waals surface area (Å²) in [5, 5.41) is 0. The highest BCUT2D eigenvalue weighted by Gasteiger charge is 2.26. The van der Waals surface area contributed by atoms with Crippen molar-refractivity contribution in [2.75, 3.05) is 0 Å². The van der Waals surface area contributed by atoms with Crippen LogP contribution < -0.4 is 11.2 Å². The molecule has 1 aromatic carbocycles. The average molecular weight is 354 g/mol. The number of rotatable bonds is 6. The second-order valence-corrected chi connectivity index (χ2v) is 7.45. The molecule has 0 aliphatic heterocycles. The maximum Gasteiger partial charge on any atom is 0.328 e. The van der Waals surface area contributed by atoms with Crippen LogP contribution in [0.4, 0.5) is 0 Å². The molecular weight excluding hydrogens is 328 g/mol. The zero-order valence-electron chi connectivity index (χ0n) is 15.7. The van der Waals surface area contributed by atoms with E-state index >= 15 is 0 Å². The van der Waals surface area contributed by atoms with Gasteiger partial charge in [-0.05, 0) is 51.2 Å². The van der Waals surface area contributed by atoms with Gasteiger partial charge in [-0.25, -0.2) is 4.79 Å². The van der Waals surface area contributed by atoms with E-state index in [1.807, 2.05) is 39.0 Å². The van der Waals surface area contributed by atoms with Crippen molar-refractivity contribution in [1.29, 1.82) is 0 Å². The molecule has 1 saturated carbocycles. The molecule has 1 fully saturated rings. The number of carbonyl (C=O) groups excluding carboxylic acids is 1. The lowest BCUT2D eigenvalue weighted by Gasteiger charge is -2.27. The van der Waals surface area contributed by atoms with Crippen molar-refractivity contribution in [2.45, 2.75) is 59.4 Å². The van der Waals surface area contributed by atoms with E-state index in [9.17, 15) is 14.4 Å². The van der Waals surface area contributed by atoms with Crippen molar-refractivity contribution in [1.82, 2.24) is 9.55 Å². The first kappa shape index (κ1) is 18.4. The Balaban J connectivity index is 2.19. The van der Waals surface area contributed by atoms with Crippen LogP contribution in [0.5, 0.6) is 0 Å². The monoisotopic (exact) mass is 354 g/mol. The Hall–Kier alpha value is -2.43. The number of nitrogens with one attached hydrogen (secondary N) is 1. The van der Waals surface area contributed by atoms with Crippen molar-refractivity contribution in [3.63, 3.8) is 0 Å². The predicted octanol–water partition coefficient (Wildman–Crippen LogP) is 3.14. The molecular formula is C21H26N2O3. The Labute approximate surface area is 153 Å². The molecule has 0 radical (unpaired) electrons. The van der Waals surface area contributed by atoms with E-state index < -0.39 is 11.2 Å². The maximum absolute atomic E-state index is 13.3. The molecule has 1 aromatic heterocycles. The summed E-state index contributed by atoms with van der Waals surface area (Å²) in [6.07, 6.45) is 4.49. The fourth-order valence-corrected chi connectivity index (χ4v) is 3.70. The van der Waals surface area contributed by atoms with Gasteiger partial charge in [0.1, 0.15) is 5.69 Å². The van der Waals surface area contributed by atoms with E-state index in [0.717, 1.165) is 36.8 Å². The summed E-state index contributed by atoms with van der Waals surface area (Å²) in [5.41, 5.74) is 2.30. The molecule has 1 heterocycles. The third-order valence-electron chi connectivity index (χ3n) is 5.16. The third kappa shape index (κ3) is 3.57. The first-order chi connectivity index (χ1) is 12.4. The van der Waals surface area contributed by atoms with Crippen LogP contribution in [0, 0.1) is 19.8 Å². The van der Waals surface area contributed by atoms with Crippen LogP contribution in [0.2, 0.25) is 0 Å². The van der Waals surface area contributed by atoms with Crippen molar-refractivity contribution >= 4 is 5.78 Å². The molecule has 1 aliphatic rings. The smallest absolute Gasteiger partial charge is 0.290 e. The Bertz CT molecular complexity index is 928. The topological polar surface area (TPSA) is 71.9 Å². The van der Waals surface area contributed by atoms with Gasteiger partial charge in [0.15, 0.2) is 0 Å². The van der Waals surface area contributed by atoms with Gasteiger partial charge in [-0.1, -0.05) is 37.0 Å². The summed E-state index contributed by atoms with van der Waals surface area (Å²) in [4.78, 5) is 40.7. The fraction of sp³-hybridized carbons (Fsp3) is 0.476. The van der Waals surface area contributed by atoms with Crippen molar-refractivity contribution in [3.05, 3.63) is 67.0 Å². The van der Waals surface area contributed by atoms with Gasteiger partial charge < -0.3 is 0 Å². The van der Waals surface area contributed by atoms with E-state index in [-0.39, 0.29) is 11.5 Å². The van der Waals surface area contributed by atoms with Gasteiger partial charge in [-0.2, -0.15) is 0 Å². The van der Waals surface area contributed by atoms with Gasteiger partial charge in [0.05, 0.1) is 0 Å². The summed E-state index contributed by atoms with van der Waals surface area (Å²) in [7, 11) is 0. The number of ketones is 1. The minimum absolute atomic E-state index is 0.234. The van der Waals surface area contributed by atoms with Gasteiger partial charge in [0, 0.05) is 17.7 Å². The maximum atomic E-state index is 13.3. The van der Waals surface area contributed by atoms with E-state index in [2.05, 4.69) is 4.98 Å². The fourth-order valence-electron chi connectivity index (χ4n) is 3.70. The molecule has 0 atom stereocenters. The largest absolute Gasteiger partial charge is 0.328 e. The predicted molar refractivity (Wildman–Crippen MR) is 102 cm³/mol. The first-order valence-electron chi connectivity index (χ1n) is 9.39. The van der Waals surface area contributed by atoms with Gasteiger partial charge >= 0.3 is 5.69 Å². The van der Waals surface area contributed by atoms with Crippen molar-refractivity contribution < 1.29 is 4.79 Å². The second kappa shape index (κ2) is 7.44. The molecule has 26 heavy (non-hydrogen) atoms. The molecule has 138 valence electrons. The number of benzene rings is 1. The number of hydrogen-bond donors (Lipinski definition) is 1. The third-order valence-corrected chi connectivity index (χ3v) is 5.16. The summed E-state index contributed by atoms with van der Waals surface area (Å²) < 4.78 is 1.51. The molecule has 1 N–H and O–H groups in total. The molecule has 5 nitrogen and oxygen atoms in total. The first-order valence-corrected chi connectivity index (χ1v) is 9.39. The minimum atomic E-state index is -0.477. The van der Waals surface area contributed by atoms with Gasteiger partial charge in [-0.15, -0.1) is 0 Å². The van der Waals surface area contributed by atoms with E-state index in [1.165, 1.54) is 4.57 Å². The Morgan fingerprint density at radius 2 is 1.81 bits per heavy atom. The SMILES string of the molecule is CCCc1c(C(=O)c2cc(C)cc(C)c2)n(CC2CCC2)c(=O)[nH]c1=O. The van der Waals surface area contributed by atoms with Crippen LogP contribution >= 0.6 is 0 Å². The Kier molecular flexibility index (Phi) is 5.25. The number of nitrogens with zero attached hydrogens (tertiary/aromatic N) is 1. The van der Waals surface area contributed by atoms with Crippen LogP contribution in [0.1, 0.15) is 65.3 Å². The van der Waals surface area contributed by atoms with E-state index in [4.69, 9.17) is 0 Å². The summed E-state index contributed by atoms with van der Waals surface area (Å²) in [6, 6.07) is 5.65. The van der Waals surface area contributed by atoms with Gasteiger partial charge in [0.25, 0.3) is 5.56 Å². The Morgan fingerprint density at radius 1 is 1.15 bits per heavy atom. The van der Waals surface area contributed by atoms with Crippen molar-refractivity contribution in [3.8, 4) is 0 Å². The zero-order chi connectivity index (χ0) is 18.8. The average Bonchev–Trinajstić information content (AvgIpc) is 2.53. The van der Waals surface area contributed by atoms with Crippen LogP contribution in [0.3, 0.4) is 0 Å². The minimum Gasteiger partial charge on any atom is -0.290 e. The van der Waals surface area contributed by atoms with Crippen LogP contribution in [0.25, 0.3) is 0 Å². The number of aryl methyl sites for hydroxylation is 2. The lowest BCUT2D eigenvalue weighted by molar-refractivity contribution is 0.102. The second-order valence-electron chi connectivity index (χ2n) is 7.45. The molecule has 5 heteroatoms. The molecule has 0 spiro atoms. The lowest BCUT2D eigenvalue weighted by Crippen LogP contribution is -2.39. The van der Waals surface area contributed by atoms with Crippen LogP contribution in [-0.2, 0) is 13.0 Å². The van der Waals surface area contributed by atoms with E-state index in [0.29, 0.717) is 30.0 Å². The summed E-state index contributed by atoms with van der Waals surface area (Å²) >= 11 is 0. The lowest BCUT2D eigenvalue weighted by atomic mass is 9.85. The number of aromatic amines is 1. The normalized spacial score (nSPS) is 14.3. The molecule has 0 unspecified atom stereocenters. The van der Waals surface area contributed by atoms with Crippen LogP contribution in [0.15, 0.2) is 27.8 Å². The summed E-state index contributed by atoms with van der Waals surface area (Å²) in [6.45, 7) is 6.34. The molecule has 1 aliphatic carbocycles. The molecule has 0 amide bonds. The van der Waals surface area contributed by atoms with E-state index in [1.54, 1.807) is 0 Å². The number of hydrogen-bond acceptors (Lipinski definition) is 3. The highest BCUT2D eigenvalue weighted by atomic mass is 16.2. The molecule has 0 saturated heterocycles. The number of aromatic nitrogens is 2. The molecule has 0 bridgehead atoms. The standard InChI is InChI=1S/C21H26N2O3/c1-4-6-17-18(19(24)16-10-13(2)9-14(3)11-16)23(12-15-7-5-8-15)21(26)22-20(17)25/h9-11,15H,4-8,12H2,1-3H3,(H,22,25,26). The summed E-state index contributed by atoms with van der Waals surface area (Å²) in [5.74, 6) is 0.168. The highest BCUT2D eigenvalue weighted by Crippen LogP contribution is 2.28. The zero-order valence-corrected chi connectivity index (χ0v) is 15.7. The van der Waals surface area contributed by atoms with Gasteiger partial charge in [0.2, 0.25) is 5.78 Å². The van der Waals surface area contributed by atoms with Crippen molar-refractivity contribution in [2.24, 2.45) is 5.92 Å². The Morgan fingerprint density at radius 3 is 2.35 bits per heavy atom. The number of H-pyrrole nitrogens is 1. The van der Waals surface area contributed by atoms with Crippen LogP contribution in [-0.4, -0.2) is 15.3 Å².